The lowest BCUT2D eigenvalue weighted by molar-refractivity contribution is -0.134. The number of amides is 2. The number of aliphatic hydroxyl groups excluding tert-OH is 2. The maximum absolute atomic E-state index is 12.2. The summed E-state index contributed by atoms with van der Waals surface area (Å²) in [7, 11) is 0. The molecule has 0 spiro atoms. The van der Waals surface area contributed by atoms with Crippen molar-refractivity contribution in [3.8, 4) is 0 Å². The lowest BCUT2D eigenvalue weighted by Crippen LogP contribution is -2.36. The van der Waals surface area contributed by atoms with Crippen LogP contribution in [0, 0.1) is 0 Å². The molecule has 1 atom stereocenters. The Labute approximate surface area is 184 Å². The number of ketones is 1. The van der Waals surface area contributed by atoms with E-state index in [4.69, 9.17) is 26.6 Å². The number of rotatable bonds is 12. The third kappa shape index (κ3) is 6.66. The highest BCUT2D eigenvalue weighted by Crippen LogP contribution is 2.25. The number of allylic oxidation sites excluding steroid dienone is 1. The highest BCUT2D eigenvalue weighted by molar-refractivity contribution is 7.18. The second-order valence-corrected chi connectivity index (χ2v) is 8.28. The number of carbonyl (C=O) groups excluding carboxylic acids is 3. The maximum atomic E-state index is 12.2. The second kappa shape index (κ2) is 11.8. The van der Waals surface area contributed by atoms with E-state index in [0.29, 0.717) is 34.3 Å². The molecule has 10 heteroatoms. The smallest absolute Gasteiger partial charge is 0.414 e. The van der Waals surface area contributed by atoms with Crippen LogP contribution in [0.2, 0.25) is 4.34 Å². The molecule has 2 heterocycles. The van der Waals surface area contributed by atoms with Crippen LogP contribution in [0.3, 0.4) is 0 Å². The summed E-state index contributed by atoms with van der Waals surface area (Å²) >= 11 is 7.08. The van der Waals surface area contributed by atoms with Gasteiger partial charge in [0.1, 0.15) is 12.7 Å². The fourth-order valence-corrected chi connectivity index (χ4v) is 4.03. The standard InChI is InChI=1S/C20H25ClN2O6S/c1-2-14(4-3-9-22(10-11-24)19(27)13-25)23-12-15(29-20(23)28)5-6-16(26)17-7-8-18(21)30-17/h2,4,7-8,15,24-25H,1,3,5-6,9-13H2/b14-4+/t15-/m0/s1. The number of halogens is 1. The summed E-state index contributed by atoms with van der Waals surface area (Å²) in [6, 6.07) is 3.36. The van der Waals surface area contributed by atoms with E-state index in [9.17, 15) is 14.4 Å². The zero-order valence-corrected chi connectivity index (χ0v) is 18.0. The van der Waals surface area contributed by atoms with E-state index in [2.05, 4.69) is 6.58 Å². The third-order valence-electron chi connectivity index (χ3n) is 4.55. The number of cyclic esters (lactones) is 1. The van der Waals surface area contributed by atoms with Gasteiger partial charge in [-0.25, -0.2) is 4.79 Å². The summed E-state index contributed by atoms with van der Waals surface area (Å²) < 4.78 is 5.91. The van der Waals surface area contributed by atoms with Gasteiger partial charge < -0.3 is 19.8 Å². The normalized spacial score (nSPS) is 16.5. The minimum atomic E-state index is -0.630. The van der Waals surface area contributed by atoms with Crippen LogP contribution in [0.15, 0.2) is 36.6 Å². The van der Waals surface area contributed by atoms with Crippen molar-refractivity contribution in [2.75, 3.05) is 32.8 Å². The van der Waals surface area contributed by atoms with Gasteiger partial charge in [-0.05, 0) is 31.1 Å². The van der Waals surface area contributed by atoms with E-state index in [0.717, 1.165) is 0 Å². The Morgan fingerprint density at radius 3 is 2.73 bits per heavy atom. The summed E-state index contributed by atoms with van der Waals surface area (Å²) in [6.07, 6.45) is 3.38. The van der Waals surface area contributed by atoms with E-state index in [1.54, 1.807) is 18.2 Å². The largest absolute Gasteiger partial charge is 0.444 e. The number of carbonyl (C=O) groups is 3. The van der Waals surface area contributed by atoms with E-state index in [1.807, 2.05) is 0 Å². The Bertz CT molecular complexity index is 809. The van der Waals surface area contributed by atoms with Gasteiger partial charge in [-0.3, -0.25) is 14.5 Å². The summed E-state index contributed by atoms with van der Waals surface area (Å²) in [5.74, 6) is -0.520. The van der Waals surface area contributed by atoms with Gasteiger partial charge in [0, 0.05) is 25.2 Å². The number of hydrogen-bond acceptors (Lipinski definition) is 7. The predicted octanol–water partition coefficient (Wildman–Crippen LogP) is 2.46. The zero-order chi connectivity index (χ0) is 22.1. The topological polar surface area (TPSA) is 107 Å². The Kier molecular flexibility index (Phi) is 9.51. The number of ether oxygens (including phenoxy) is 1. The Hall–Kier alpha value is -2.20. The number of nitrogens with zero attached hydrogens (tertiary/aromatic N) is 2. The fourth-order valence-electron chi connectivity index (χ4n) is 3.02. The van der Waals surface area contributed by atoms with Crippen molar-refractivity contribution < 1.29 is 29.3 Å². The molecule has 0 bridgehead atoms. The first-order chi connectivity index (χ1) is 14.4. The number of hydrogen-bond donors (Lipinski definition) is 2. The summed E-state index contributed by atoms with van der Waals surface area (Å²) in [6.45, 7) is 3.58. The molecule has 1 saturated heterocycles. The fraction of sp³-hybridized carbons (Fsp3) is 0.450. The molecule has 0 saturated carbocycles. The average Bonchev–Trinajstić information content (AvgIpc) is 3.33. The monoisotopic (exact) mass is 456 g/mol. The molecule has 0 aliphatic carbocycles. The number of aliphatic hydroxyl groups is 2. The van der Waals surface area contributed by atoms with Crippen molar-refractivity contribution in [2.45, 2.75) is 25.4 Å². The molecule has 0 radical (unpaired) electrons. The minimum absolute atomic E-state index is 0.0431. The quantitative estimate of drug-likeness (QED) is 0.369. The van der Waals surface area contributed by atoms with Crippen molar-refractivity contribution >= 4 is 40.7 Å². The van der Waals surface area contributed by atoms with E-state index in [-0.39, 0.29) is 31.9 Å². The van der Waals surface area contributed by atoms with Gasteiger partial charge in [0.05, 0.1) is 22.4 Å². The van der Waals surface area contributed by atoms with Crippen LogP contribution in [-0.4, -0.2) is 76.7 Å². The van der Waals surface area contributed by atoms with Crippen molar-refractivity contribution in [3.63, 3.8) is 0 Å². The molecule has 1 fully saturated rings. The van der Waals surface area contributed by atoms with Crippen molar-refractivity contribution in [1.82, 2.24) is 9.80 Å². The number of thiophene rings is 1. The molecular formula is C20H25ClN2O6S. The molecule has 30 heavy (non-hydrogen) atoms. The SMILES string of the molecule is C=C/C(=C\CCN(CCO)C(=O)CO)N1C[C@H](CCC(=O)c2ccc(Cl)s2)OC1=O. The van der Waals surface area contributed by atoms with Crippen LogP contribution < -0.4 is 0 Å². The predicted molar refractivity (Wildman–Crippen MR) is 114 cm³/mol. The summed E-state index contributed by atoms with van der Waals surface area (Å²) in [5, 5.41) is 18.0. The number of Topliss-reactive ketones (excluding diaryl/α,β-unsaturated/α-hetero) is 1. The van der Waals surface area contributed by atoms with Gasteiger partial charge in [0.15, 0.2) is 5.78 Å². The minimum Gasteiger partial charge on any atom is -0.444 e. The van der Waals surface area contributed by atoms with Gasteiger partial charge in [-0.2, -0.15) is 0 Å². The molecular weight excluding hydrogens is 432 g/mol. The van der Waals surface area contributed by atoms with Gasteiger partial charge in [-0.1, -0.05) is 24.3 Å². The molecule has 0 unspecified atom stereocenters. The van der Waals surface area contributed by atoms with Crippen LogP contribution in [0.1, 0.15) is 28.9 Å². The molecule has 2 amide bonds. The first kappa shape index (κ1) is 24.1. The molecule has 1 aromatic rings. The van der Waals surface area contributed by atoms with Gasteiger partial charge in [0.2, 0.25) is 5.91 Å². The summed E-state index contributed by atoms with van der Waals surface area (Å²) in [4.78, 5) is 39.4. The van der Waals surface area contributed by atoms with Gasteiger partial charge in [-0.15, -0.1) is 11.3 Å². The zero-order valence-electron chi connectivity index (χ0n) is 16.5. The molecule has 0 aromatic carbocycles. The first-order valence-corrected chi connectivity index (χ1v) is 10.7. The first-order valence-electron chi connectivity index (χ1n) is 9.48. The van der Waals surface area contributed by atoms with E-state index < -0.39 is 24.7 Å². The molecule has 2 N–H and O–H groups in total. The lowest BCUT2D eigenvalue weighted by Gasteiger charge is -2.20. The van der Waals surface area contributed by atoms with Gasteiger partial charge >= 0.3 is 6.09 Å². The van der Waals surface area contributed by atoms with Gasteiger partial charge in [0.25, 0.3) is 0 Å². The summed E-state index contributed by atoms with van der Waals surface area (Å²) in [5.41, 5.74) is 0.541. The Balaban J connectivity index is 1.89. The van der Waals surface area contributed by atoms with Crippen molar-refractivity contribution in [1.29, 1.82) is 0 Å². The van der Waals surface area contributed by atoms with Crippen LogP contribution in [-0.2, 0) is 9.53 Å². The van der Waals surface area contributed by atoms with Crippen LogP contribution in [0.5, 0.6) is 0 Å². The van der Waals surface area contributed by atoms with Crippen LogP contribution in [0.4, 0.5) is 4.79 Å². The molecule has 8 nitrogen and oxygen atoms in total. The molecule has 2 rings (SSSR count). The van der Waals surface area contributed by atoms with Crippen LogP contribution >= 0.6 is 22.9 Å². The molecule has 1 aliphatic heterocycles. The molecule has 164 valence electrons. The maximum Gasteiger partial charge on any atom is 0.414 e. The third-order valence-corrected chi connectivity index (χ3v) is 5.82. The highest BCUT2D eigenvalue weighted by Gasteiger charge is 2.33. The van der Waals surface area contributed by atoms with Crippen molar-refractivity contribution in [2.24, 2.45) is 0 Å². The second-order valence-electron chi connectivity index (χ2n) is 6.57. The lowest BCUT2D eigenvalue weighted by atomic mass is 10.1. The Morgan fingerprint density at radius 1 is 1.37 bits per heavy atom. The molecule has 1 aromatic heterocycles. The Morgan fingerprint density at radius 2 is 2.13 bits per heavy atom. The molecule has 1 aliphatic rings. The van der Waals surface area contributed by atoms with Crippen LogP contribution in [0.25, 0.3) is 0 Å². The van der Waals surface area contributed by atoms with E-state index >= 15 is 0 Å². The highest BCUT2D eigenvalue weighted by atomic mass is 35.5. The van der Waals surface area contributed by atoms with E-state index in [1.165, 1.54) is 27.2 Å². The average molecular weight is 457 g/mol. The van der Waals surface area contributed by atoms with Crippen molar-refractivity contribution in [3.05, 3.63) is 45.8 Å².